The normalized spacial score (nSPS) is 12.1. The molecule has 0 aromatic carbocycles. The lowest BCUT2D eigenvalue weighted by Gasteiger charge is -2.10. The van der Waals surface area contributed by atoms with Gasteiger partial charge in [-0.25, -0.2) is 0 Å². The average Bonchev–Trinajstić information content (AvgIpc) is 2.15. The van der Waals surface area contributed by atoms with Crippen molar-refractivity contribution in [2.24, 2.45) is 5.73 Å². The van der Waals surface area contributed by atoms with Crippen molar-refractivity contribution in [3.63, 3.8) is 0 Å². The second-order valence-electron chi connectivity index (χ2n) is 3.12. The van der Waals surface area contributed by atoms with Crippen molar-refractivity contribution in [1.29, 1.82) is 0 Å². The predicted octanol–water partition coefficient (Wildman–Crippen LogP) is -0.207. The van der Waals surface area contributed by atoms with Crippen LogP contribution in [0.5, 0.6) is 0 Å². The molecule has 0 radical (unpaired) electrons. The van der Waals surface area contributed by atoms with Crippen molar-refractivity contribution >= 4 is 11.9 Å². The van der Waals surface area contributed by atoms with Crippen molar-refractivity contribution in [2.45, 2.75) is 32.2 Å². The van der Waals surface area contributed by atoms with Gasteiger partial charge in [-0.05, 0) is 26.3 Å². The molecule has 5 heteroatoms. The fraction of sp³-hybridized carbons (Fsp3) is 0.778. The molecule has 0 heterocycles. The average molecular weight is 202 g/mol. The van der Waals surface area contributed by atoms with Gasteiger partial charge in [0.1, 0.15) is 6.04 Å². The zero-order chi connectivity index (χ0) is 11.0. The molecule has 0 spiro atoms. The summed E-state index contributed by atoms with van der Waals surface area (Å²) in [5.41, 5.74) is 4.97. The number of esters is 1. The van der Waals surface area contributed by atoms with Crippen LogP contribution >= 0.6 is 0 Å². The molecular weight excluding hydrogens is 184 g/mol. The van der Waals surface area contributed by atoms with E-state index in [-0.39, 0.29) is 17.9 Å². The Hall–Kier alpha value is -1.10. The molecule has 5 nitrogen and oxygen atoms in total. The molecule has 14 heavy (non-hydrogen) atoms. The molecule has 82 valence electrons. The number of ether oxygens (including phenoxy) is 1. The Morgan fingerprint density at radius 3 is 2.57 bits per heavy atom. The van der Waals surface area contributed by atoms with E-state index in [4.69, 9.17) is 5.73 Å². The monoisotopic (exact) mass is 202 g/mol. The summed E-state index contributed by atoms with van der Waals surface area (Å²) in [5, 5.41) is 2.98. The largest absolute Gasteiger partial charge is 0.468 e. The maximum atomic E-state index is 10.9. The molecule has 0 aromatic heterocycles. The Bertz CT molecular complexity index is 194. The van der Waals surface area contributed by atoms with Crippen LogP contribution in [-0.4, -0.2) is 31.6 Å². The number of primary amides is 1. The summed E-state index contributed by atoms with van der Waals surface area (Å²) in [6.07, 6.45) is 1.97. The Morgan fingerprint density at radius 2 is 2.07 bits per heavy atom. The molecule has 0 saturated heterocycles. The van der Waals surface area contributed by atoms with Crippen LogP contribution in [0.15, 0.2) is 0 Å². The Labute approximate surface area is 84.0 Å². The smallest absolute Gasteiger partial charge is 0.322 e. The topological polar surface area (TPSA) is 81.4 Å². The van der Waals surface area contributed by atoms with Crippen molar-refractivity contribution in [3.05, 3.63) is 0 Å². The van der Waals surface area contributed by atoms with Crippen LogP contribution < -0.4 is 11.1 Å². The lowest BCUT2D eigenvalue weighted by molar-refractivity contribution is -0.142. The van der Waals surface area contributed by atoms with Crippen LogP contribution in [0, 0.1) is 0 Å². The molecule has 1 unspecified atom stereocenters. The van der Waals surface area contributed by atoms with Crippen LogP contribution in [0.2, 0.25) is 0 Å². The van der Waals surface area contributed by atoms with Crippen molar-refractivity contribution in [2.75, 3.05) is 13.7 Å². The van der Waals surface area contributed by atoms with Crippen LogP contribution in [0.4, 0.5) is 0 Å². The van der Waals surface area contributed by atoms with Gasteiger partial charge in [-0.15, -0.1) is 0 Å². The minimum Gasteiger partial charge on any atom is -0.468 e. The molecule has 0 aromatic rings. The molecular formula is C9H18N2O3. The number of unbranched alkanes of at least 4 members (excludes halogenated alkanes) is 1. The molecule has 0 bridgehead atoms. The lowest BCUT2D eigenvalue weighted by atomic mass is 10.2. The van der Waals surface area contributed by atoms with E-state index in [9.17, 15) is 9.59 Å². The predicted molar refractivity (Wildman–Crippen MR) is 52.5 cm³/mol. The highest BCUT2D eigenvalue weighted by molar-refractivity contribution is 5.75. The first kappa shape index (κ1) is 12.9. The summed E-state index contributed by atoms with van der Waals surface area (Å²) in [6, 6.07) is -0.298. The maximum absolute atomic E-state index is 10.9. The third-order valence-corrected chi connectivity index (χ3v) is 1.86. The van der Waals surface area contributed by atoms with Gasteiger partial charge < -0.3 is 15.8 Å². The lowest BCUT2D eigenvalue weighted by Crippen LogP contribution is -2.35. The fourth-order valence-corrected chi connectivity index (χ4v) is 1.00. The minimum atomic E-state index is -0.298. The van der Waals surface area contributed by atoms with E-state index in [0.717, 1.165) is 12.8 Å². The molecule has 3 N–H and O–H groups in total. The number of amides is 1. The second kappa shape index (κ2) is 7.32. The van der Waals surface area contributed by atoms with Gasteiger partial charge in [-0.2, -0.15) is 0 Å². The Kier molecular flexibility index (Phi) is 6.74. The zero-order valence-electron chi connectivity index (χ0n) is 8.71. The van der Waals surface area contributed by atoms with E-state index in [0.29, 0.717) is 13.0 Å². The van der Waals surface area contributed by atoms with E-state index < -0.39 is 0 Å². The number of carbonyl (C=O) groups is 2. The van der Waals surface area contributed by atoms with E-state index in [1.165, 1.54) is 7.11 Å². The van der Waals surface area contributed by atoms with Crippen molar-refractivity contribution in [3.8, 4) is 0 Å². The third-order valence-electron chi connectivity index (χ3n) is 1.86. The standard InChI is InChI=1S/C9H18N2O3/c1-7(9(13)14-2)11-6-4-3-5-8(10)12/h7,11H,3-6H2,1-2H3,(H2,10,12). The van der Waals surface area contributed by atoms with Crippen LogP contribution in [0.25, 0.3) is 0 Å². The molecule has 0 saturated carbocycles. The Morgan fingerprint density at radius 1 is 1.43 bits per heavy atom. The first-order valence-electron chi connectivity index (χ1n) is 4.67. The van der Waals surface area contributed by atoms with Gasteiger partial charge >= 0.3 is 5.97 Å². The number of nitrogens with two attached hydrogens (primary N) is 1. The summed E-state index contributed by atoms with van der Waals surface area (Å²) in [6.45, 7) is 2.42. The summed E-state index contributed by atoms with van der Waals surface area (Å²) in [5.74, 6) is -0.564. The molecule has 1 amide bonds. The molecule has 0 aliphatic heterocycles. The van der Waals surface area contributed by atoms with E-state index >= 15 is 0 Å². The quantitative estimate of drug-likeness (QED) is 0.442. The summed E-state index contributed by atoms with van der Waals surface area (Å²) < 4.78 is 4.53. The highest BCUT2D eigenvalue weighted by atomic mass is 16.5. The van der Waals surface area contributed by atoms with Gasteiger partial charge in [0, 0.05) is 6.42 Å². The molecule has 0 fully saturated rings. The van der Waals surface area contributed by atoms with Gasteiger partial charge in [0.05, 0.1) is 7.11 Å². The Balaban J connectivity index is 3.36. The summed E-state index contributed by atoms with van der Waals surface area (Å²) in [7, 11) is 1.35. The highest BCUT2D eigenvalue weighted by Crippen LogP contribution is 1.94. The highest BCUT2D eigenvalue weighted by Gasteiger charge is 2.10. The van der Waals surface area contributed by atoms with Crippen LogP contribution in [-0.2, 0) is 14.3 Å². The molecule has 0 aliphatic rings. The van der Waals surface area contributed by atoms with Gasteiger partial charge in [-0.3, -0.25) is 9.59 Å². The number of carbonyl (C=O) groups excluding carboxylic acids is 2. The minimum absolute atomic E-state index is 0.278. The van der Waals surface area contributed by atoms with Crippen LogP contribution in [0.3, 0.4) is 0 Å². The van der Waals surface area contributed by atoms with Gasteiger partial charge in [0.15, 0.2) is 0 Å². The van der Waals surface area contributed by atoms with Crippen molar-refractivity contribution < 1.29 is 14.3 Å². The molecule has 0 aliphatic carbocycles. The van der Waals surface area contributed by atoms with E-state index in [2.05, 4.69) is 10.1 Å². The number of hydrogen-bond donors (Lipinski definition) is 2. The molecule has 1 atom stereocenters. The number of nitrogens with one attached hydrogen (secondary N) is 1. The summed E-state index contributed by atoms with van der Waals surface area (Å²) >= 11 is 0. The van der Waals surface area contributed by atoms with Gasteiger partial charge in [-0.1, -0.05) is 0 Å². The van der Waals surface area contributed by atoms with Gasteiger partial charge in [0.25, 0.3) is 0 Å². The number of hydrogen-bond acceptors (Lipinski definition) is 4. The van der Waals surface area contributed by atoms with Crippen LogP contribution in [0.1, 0.15) is 26.2 Å². The third kappa shape index (κ3) is 6.42. The fourth-order valence-electron chi connectivity index (χ4n) is 1.00. The SMILES string of the molecule is COC(=O)C(C)NCCCCC(N)=O. The van der Waals surface area contributed by atoms with E-state index in [1.54, 1.807) is 6.92 Å². The first-order chi connectivity index (χ1) is 6.57. The van der Waals surface area contributed by atoms with Crippen molar-refractivity contribution in [1.82, 2.24) is 5.32 Å². The maximum Gasteiger partial charge on any atom is 0.322 e. The first-order valence-corrected chi connectivity index (χ1v) is 4.67. The van der Waals surface area contributed by atoms with Gasteiger partial charge in [0.2, 0.25) is 5.91 Å². The number of rotatable bonds is 7. The summed E-state index contributed by atoms with van der Waals surface area (Å²) in [4.78, 5) is 21.3. The molecule has 0 rings (SSSR count). The zero-order valence-corrected chi connectivity index (χ0v) is 8.71. The second-order valence-corrected chi connectivity index (χ2v) is 3.12. The van der Waals surface area contributed by atoms with E-state index in [1.807, 2.05) is 0 Å². The number of methoxy groups -OCH3 is 1.